The molecule has 0 fully saturated rings. The summed E-state index contributed by atoms with van der Waals surface area (Å²) in [6.45, 7) is 0. The predicted octanol–water partition coefficient (Wildman–Crippen LogP) is 5.53. The number of hydrogen-bond donors (Lipinski definition) is 0. The van der Waals surface area contributed by atoms with Crippen LogP contribution in [0.25, 0.3) is 10.8 Å². The van der Waals surface area contributed by atoms with Gasteiger partial charge >= 0.3 is 20.2 Å². The van der Waals surface area contributed by atoms with Crippen LogP contribution in [0.3, 0.4) is 0 Å². The van der Waals surface area contributed by atoms with E-state index in [9.17, 15) is 26.4 Å². The van der Waals surface area contributed by atoms with Crippen molar-refractivity contribution in [2.75, 3.05) is 0 Å². The molecule has 0 amide bonds. The van der Waals surface area contributed by atoms with Crippen LogP contribution in [0, 0.1) is 0 Å². The molecule has 0 bridgehead atoms. The molecule has 4 aromatic carbocycles. The van der Waals surface area contributed by atoms with E-state index < -0.39 is 20.2 Å². The molecule has 36 heavy (non-hydrogen) atoms. The number of fused-ring (bicyclic) bond motifs is 1. The van der Waals surface area contributed by atoms with Crippen LogP contribution in [0.1, 0.15) is 20.7 Å². The summed E-state index contributed by atoms with van der Waals surface area (Å²) in [4.78, 5) is 23.8. The minimum atomic E-state index is -4.37. The summed E-state index contributed by atoms with van der Waals surface area (Å²) >= 11 is 6.31. The van der Waals surface area contributed by atoms with Gasteiger partial charge < -0.3 is 8.37 Å². The monoisotopic (exact) mass is 652 g/mol. The van der Waals surface area contributed by atoms with Crippen molar-refractivity contribution >= 4 is 75.4 Å². The molecule has 8 nitrogen and oxygen atoms in total. The summed E-state index contributed by atoms with van der Waals surface area (Å²) in [5.41, 5.74) is -0.539. The highest BCUT2D eigenvalue weighted by Crippen LogP contribution is 2.36. The number of benzene rings is 4. The molecule has 0 spiro atoms. The molecule has 12 heteroatoms. The van der Waals surface area contributed by atoms with E-state index in [0.29, 0.717) is 18.0 Å². The van der Waals surface area contributed by atoms with Gasteiger partial charge in [0.1, 0.15) is 9.79 Å². The first-order valence-electron chi connectivity index (χ1n) is 9.97. The van der Waals surface area contributed by atoms with Crippen molar-refractivity contribution in [3.8, 4) is 11.5 Å². The van der Waals surface area contributed by atoms with Crippen molar-refractivity contribution < 1.29 is 34.8 Å². The molecule has 4 aromatic rings. The van der Waals surface area contributed by atoms with Crippen LogP contribution in [-0.4, -0.2) is 29.4 Å². The van der Waals surface area contributed by atoms with E-state index in [1.165, 1.54) is 60.7 Å². The highest BCUT2D eigenvalue weighted by atomic mass is 79.9. The summed E-state index contributed by atoms with van der Waals surface area (Å²) in [5, 5.41) is 0.329. The molecule has 0 saturated heterocycles. The largest absolute Gasteiger partial charge is 0.378 e. The quantitative estimate of drug-likeness (QED) is 0.180. The molecule has 0 heterocycles. The fraction of sp³-hybridized carbons (Fsp3) is 0. The first-order valence-corrected chi connectivity index (χ1v) is 14.4. The van der Waals surface area contributed by atoms with Crippen LogP contribution in [0.15, 0.2) is 91.5 Å². The van der Waals surface area contributed by atoms with Gasteiger partial charge in [0.05, 0.1) is 11.1 Å². The van der Waals surface area contributed by atoms with E-state index in [-0.39, 0.29) is 46.7 Å². The van der Waals surface area contributed by atoms with E-state index >= 15 is 0 Å². The zero-order chi connectivity index (χ0) is 26.1. The average molecular weight is 654 g/mol. The van der Waals surface area contributed by atoms with Gasteiger partial charge in [0, 0.05) is 14.3 Å². The Kier molecular flexibility index (Phi) is 7.32. The van der Waals surface area contributed by atoms with Crippen LogP contribution in [0.4, 0.5) is 0 Å². The van der Waals surface area contributed by atoms with Crippen LogP contribution >= 0.6 is 31.9 Å². The average Bonchev–Trinajstić information content (AvgIpc) is 2.83. The van der Waals surface area contributed by atoms with Crippen molar-refractivity contribution in [3.05, 3.63) is 92.9 Å². The van der Waals surface area contributed by atoms with E-state index in [0.717, 1.165) is 0 Å². The molecule has 0 aliphatic rings. The second-order valence-corrected chi connectivity index (χ2v) is 12.0. The van der Waals surface area contributed by atoms with Gasteiger partial charge in [-0.05, 0) is 73.6 Å². The predicted molar refractivity (Wildman–Crippen MR) is 139 cm³/mol. The fourth-order valence-corrected chi connectivity index (χ4v) is 7.24. The zero-order valence-electron chi connectivity index (χ0n) is 17.9. The molecule has 0 saturated carbocycles. The molecule has 0 aromatic heterocycles. The normalized spacial score (nSPS) is 11.7. The van der Waals surface area contributed by atoms with Crippen molar-refractivity contribution in [3.63, 3.8) is 0 Å². The lowest BCUT2D eigenvalue weighted by molar-refractivity contribution is 0.112. The second kappa shape index (κ2) is 10.1. The van der Waals surface area contributed by atoms with E-state index in [2.05, 4.69) is 31.9 Å². The molecule has 0 atom stereocenters. The van der Waals surface area contributed by atoms with Gasteiger partial charge in [0.15, 0.2) is 24.1 Å². The van der Waals surface area contributed by atoms with E-state index in [4.69, 9.17) is 8.37 Å². The summed E-state index contributed by atoms with van der Waals surface area (Å²) < 4.78 is 62.5. The third kappa shape index (κ3) is 4.94. The second-order valence-electron chi connectivity index (χ2n) is 7.22. The number of hydrogen-bond acceptors (Lipinski definition) is 8. The van der Waals surface area contributed by atoms with Crippen LogP contribution < -0.4 is 8.37 Å². The molecule has 0 aliphatic heterocycles. The Labute approximate surface area is 223 Å². The van der Waals surface area contributed by atoms with Gasteiger partial charge in [-0.15, -0.1) is 0 Å². The smallest absolute Gasteiger partial charge is 0.340 e. The maximum Gasteiger partial charge on any atom is 0.340 e. The molecule has 184 valence electrons. The van der Waals surface area contributed by atoms with Gasteiger partial charge in [-0.1, -0.05) is 36.4 Å². The Morgan fingerprint density at radius 2 is 0.972 bits per heavy atom. The molecule has 0 radical (unpaired) electrons. The van der Waals surface area contributed by atoms with Crippen molar-refractivity contribution in [1.82, 2.24) is 0 Å². The Morgan fingerprint density at radius 1 is 0.583 bits per heavy atom. The first kappa shape index (κ1) is 26.0. The van der Waals surface area contributed by atoms with Crippen molar-refractivity contribution in [2.24, 2.45) is 0 Å². The van der Waals surface area contributed by atoms with Crippen LogP contribution in [0.2, 0.25) is 0 Å². The van der Waals surface area contributed by atoms with E-state index in [1.807, 2.05) is 0 Å². The SMILES string of the molecule is O=Cc1c(OS(=O)(=O)c2ccccc2Br)ccc2ccc(OS(=O)(=O)c3ccccc3Br)c(C=O)c12. The van der Waals surface area contributed by atoms with Gasteiger partial charge in [0.25, 0.3) is 0 Å². The van der Waals surface area contributed by atoms with Gasteiger partial charge in [-0.25, -0.2) is 0 Å². The summed E-state index contributed by atoms with van der Waals surface area (Å²) in [6.07, 6.45) is 0.651. The third-order valence-electron chi connectivity index (χ3n) is 5.03. The Bertz CT molecular complexity index is 1610. The lowest BCUT2D eigenvalue weighted by Gasteiger charge is -2.15. The van der Waals surface area contributed by atoms with Crippen LogP contribution in [-0.2, 0) is 20.2 Å². The number of carbonyl (C=O) groups is 2. The standard InChI is InChI=1S/C24H14Br2O8S2/c25-18-5-1-3-7-22(18)35(29,30)33-20-11-9-15-10-12-21(17(14-28)24(15)16(20)13-27)34-36(31,32)23-8-4-2-6-19(23)26/h1-14H. The Balaban J connectivity index is 1.86. The highest BCUT2D eigenvalue weighted by molar-refractivity contribution is 9.10. The van der Waals surface area contributed by atoms with Gasteiger partial charge in [-0.3, -0.25) is 9.59 Å². The van der Waals surface area contributed by atoms with Crippen molar-refractivity contribution in [2.45, 2.75) is 9.79 Å². The number of aldehydes is 2. The molecule has 0 aliphatic carbocycles. The maximum atomic E-state index is 12.9. The van der Waals surface area contributed by atoms with Gasteiger partial charge in [0.2, 0.25) is 0 Å². The van der Waals surface area contributed by atoms with Crippen molar-refractivity contribution in [1.29, 1.82) is 0 Å². The zero-order valence-corrected chi connectivity index (χ0v) is 22.7. The summed E-state index contributed by atoms with van der Waals surface area (Å²) in [7, 11) is -8.74. The Hall–Kier alpha value is -3.06. The number of halogens is 2. The molecular formula is C24H14Br2O8S2. The summed E-state index contributed by atoms with van der Waals surface area (Å²) in [6, 6.07) is 17.3. The van der Waals surface area contributed by atoms with E-state index in [1.54, 1.807) is 12.1 Å². The fourth-order valence-electron chi connectivity index (χ4n) is 3.44. The maximum absolute atomic E-state index is 12.9. The highest BCUT2D eigenvalue weighted by Gasteiger charge is 2.26. The topological polar surface area (TPSA) is 121 Å². The van der Waals surface area contributed by atoms with Gasteiger partial charge in [-0.2, -0.15) is 16.8 Å². The Morgan fingerprint density at radius 3 is 1.33 bits per heavy atom. The number of rotatable bonds is 8. The molecular weight excluding hydrogens is 640 g/mol. The summed E-state index contributed by atoms with van der Waals surface area (Å²) in [5.74, 6) is -0.690. The first-order chi connectivity index (χ1) is 17.1. The molecule has 0 unspecified atom stereocenters. The lowest BCUT2D eigenvalue weighted by Crippen LogP contribution is -2.13. The lowest BCUT2D eigenvalue weighted by atomic mass is 9.99. The minimum absolute atomic E-state index is 0.0281. The molecule has 4 rings (SSSR count). The number of carbonyl (C=O) groups excluding carboxylic acids is 2. The van der Waals surface area contributed by atoms with Crippen LogP contribution in [0.5, 0.6) is 11.5 Å². The minimum Gasteiger partial charge on any atom is -0.378 e. The third-order valence-corrected chi connectivity index (χ3v) is 9.53. The molecule has 0 N–H and O–H groups in total.